The smallest absolute Gasteiger partial charge is 0.391 e. The Kier molecular flexibility index (Phi) is 5.81. The first kappa shape index (κ1) is 21.4. The summed E-state index contributed by atoms with van der Waals surface area (Å²) in [5, 5.41) is 12.0. The topological polar surface area (TPSA) is 65.5 Å². The maximum absolute atomic E-state index is 13.3. The van der Waals surface area contributed by atoms with Crippen LogP contribution in [0.5, 0.6) is 0 Å². The normalized spacial score (nSPS) is 17.5. The molecule has 1 aliphatic heterocycles. The molecule has 29 heavy (non-hydrogen) atoms. The second kappa shape index (κ2) is 7.86. The Bertz CT molecular complexity index is 905. The van der Waals surface area contributed by atoms with Crippen molar-refractivity contribution >= 4 is 33.3 Å². The molecule has 1 saturated heterocycles. The zero-order valence-corrected chi connectivity index (χ0v) is 16.3. The number of nitrogens with one attached hydrogen (secondary N) is 1. The van der Waals surface area contributed by atoms with E-state index >= 15 is 0 Å². The number of aliphatic hydroxyl groups excluding tert-OH is 1. The van der Waals surface area contributed by atoms with E-state index in [1.54, 1.807) is 0 Å². The van der Waals surface area contributed by atoms with Crippen LogP contribution in [0.1, 0.15) is 22.3 Å². The molecule has 1 aliphatic rings. The Morgan fingerprint density at radius 3 is 2.38 bits per heavy atom. The van der Waals surface area contributed by atoms with Gasteiger partial charge in [-0.05, 0) is 40.5 Å². The Hall–Kier alpha value is -2.27. The maximum Gasteiger partial charge on any atom is 0.458 e. The van der Waals surface area contributed by atoms with Crippen molar-refractivity contribution in [1.29, 1.82) is 0 Å². The van der Waals surface area contributed by atoms with Crippen molar-refractivity contribution in [1.82, 2.24) is 4.98 Å². The van der Waals surface area contributed by atoms with Gasteiger partial charge in [0.1, 0.15) is 5.82 Å². The highest BCUT2D eigenvalue weighted by molar-refractivity contribution is 9.10. The first-order valence-corrected chi connectivity index (χ1v) is 9.23. The largest absolute Gasteiger partial charge is 0.458 e. The average Bonchev–Trinajstić information content (AvgIpc) is 3.07. The van der Waals surface area contributed by atoms with E-state index in [4.69, 9.17) is 0 Å². The fourth-order valence-electron chi connectivity index (χ4n) is 2.85. The molecular weight excluding hydrogens is 465 g/mol. The fraction of sp³-hybridized carbons (Fsp3) is 0.333. The van der Waals surface area contributed by atoms with Gasteiger partial charge in [0.15, 0.2) is 0 Å². The van der Waals surface area contributed by atoms with E-state index in [0.29, 0.717) is 41.9 Å². The summed E-state index contributed by atoms with van der Waals surface area (Å²) in [5.41, 5.74) is -1.01. The number of anilines is 2. The standard InChI is InChI=1S/C18H15BrF5N3O2/c19-14-7-10(8-25-15(14)27-6-5-13(28)9-27)16(29)26-12-3-1-11(2-4-12)17(20,21)18(22,23)24/h1-4,7-8,13,28H,5-6,9H2,(H,26,29). The number of pyridine rings is 1. The molecule has 1 aromatic heterocycles. The lowest BCUT2D eigenvalue weighted by molar-refractivity contribution is -0.289. The van der Waals surface area contributed by atoms with Crippen molar-refractivity contribution in [3.8, 4) is 0 Å². The summed E-state index contributed by atoms with van der Waals surface area (Å²) in [7, 11) is 0. The number of carbonyl (C=O) groups excluding carboxylic acids is 1. The van der Waals surface area contributed by atoms with Crippen molar-refractivity contribution < 1.29 is 31.9 Å². The van der Waals surface area contributed by atoms with E-state index in [1.807, 2.05) is 4.90 Å². The molecule has 1 atom stereocenters. The van der Waals surface area contributed by atoms with Crippen LogP contribution in [0.25, 0.3) is 0 Å². The molecule has 2 N–H and O–H groups in total. The summed E-state index contributed by atoms with van der Waals surface area (Å²) in [5.74, 6) is -5.03. The highest BCUT2D eigenvalue weighted by Gasteiger charge is 2.58. The van der Waals surface area contributed by atoms with Gasteiger partial charge in [0.2, 0.25) is 0 Å². The number of β-amino-alcohol motifs (C(OH)–C–C–N with tert-alkyl or cyclic N) is 1. The molecule has 11 heteroatoms. The maximum atomic E-state index is 13.3. The van der Waals surface area contributed by atoms with E-state index in [-0.39, 0.29) is 11.3 Å². The number of aromatic nitrogens is 1. The lowest BCUT2D eigenvalue weighted by atomic mass is 10.1. The van der Waals surface area contributed by atoms with Gasteiger partial charge in [-0.15, -0.1) is 0 Å². The third-order valence-electron chi connectivity index (χ3n) is 4.41. The predicted molar refractivity (Wildman–Crippen MR) is 99.1 cm³/mol. The van der Waals surface area contributed by atoms with Crippen LogP contribution in [0.2, 0.25) is 0 Å². The van der Waals surface area contributed by atoms with Gasteiger partial charge in [-0.3, -0.25) is 4.79 Å². The number of aliphatic hydroxyl groups is 1. The molecule has 1 unspecified atom stereocenters. The summed E-state index contributed by atoms with van der Waals surface area (Å²) < 4.78 is 64.4. The number of rotatable bonds is 4. The molecular formula is C18H15BrF5N3O2. The predicted octanol–water partition coefficient (Wildman–Crippen LogP) is 4.32. The van der Waals surface area contributed by atoms with E-state index in [2.05, 4.69) is 26.2 Å². The van der Waals surface area contributed by atoms with E-state index in [0.717, 1.165) is 12.1 Å². The quantitative estimate of drug-likeness (QED) is 0.641. The molecule has 3 rings (SSSR count). The third kappa shape index (κ3) is 4.50. The number of alkyl halides is 5. The Labute approximate surface area is 170 Å². The van der Waals surface area contributed by atoms with Crippen molar-refractivity contribution in [2.45, 2.75) is 24.6 Å². The van der Waals surface area contributed by atoms with Crippen LogP contribution in [-0.4, -0.2) is 41.4 Å². The Morgan fingerprint density at radius 1 is 1.21 bits per heavy atom. The molecule has 1 aromatic carbocycles. The monoisotopic (exact) mass is 479 g/mol. The Balaban J connectivity index is 1.71. The first-order valence-electron chi connectivity index (χ1n) is 8.44. The SMILES string of the molecule is O=C(Nc1ccc(C(F)(F)C(F)(F)F)cc1)c1cnc(N2CCC(O)C2)c(Br)c1. The minimum Gasteiger partial charge on any atom is -0.391 e. The van der Waals surface area contributed by atoms with Crippen LogP contribution in [0, 0.1) is 0 Å². The summed E-state index contributed by atoms with van der Waals surface area (Å²) in [4.78, 5) is 18.4. The van der Waals surface area contributed by atoms with E-state index in [1.165, 1.54) is 12.3 Å². The zero-order valence-electron chi connectivity index (χ0n) is 14.7. The number of hydrogen-bond acceptors (Lipinski definition) is 4. The number of benzene rings is 1. The molecule has 2 heterocycles. The van der Waals surface area contributed by atoms with Gasteiger partial charge in [0, 0.05) is 30.5 Å². The summed E-state index contributed by atoms with van der Waals surface area (Å²) in [6, 6.07) is 4.66. The number of amides is 1. The number of nitrogens with zero attached hydrogens (tertiary/aromatic N) is 2. The van der Waals surface area contributed by atoms with Gasteiger partial charge in [0.25, 0.3) is 5.91 Å². The number of hydrogen-bond donors (Lipinski definition) is 2. The lowest BCUT2D eigenvalue weighted by Crippen LogP contribution is -2.33. The highest BCUT2D eigenvalue weighted by Crippen LogP contribution is 2.43. The summed E-state index contributed by atoms with van der Waals surface area (Å²) in [6.07, 6.45) is -4.23. The minimum atomic E-state index is -5.71. The van der Waals surface area contributed by atoms with E-state index in [9.17, 15) is 31.9 Å². The van der Waals surface area contributed by atoms with Crippen LogP contribution < -0.4 is 10.2 Å². The van der Waals surface area contributed by atoms with Crippen molar-refractivity contribution in [3.05, 3.63) is 52.1 Å². The molecule has 0 bridgehead atoms. The highest BCUT2D eigenvalue weighted by atomic mass is 79.9. The molecule has 156 valence electrons. The van der Waals surface area contributed by atoms with Gasteiger partial charge in [-0.1, -0.05) is 12.1 Å². The third-order valence-corrected chi connectivity index (χ3v) is 4.99. The molecule has 1 amide bonds. The fourth-order valence-corrected chi connectivity index (χ4v) is 3.45. The van der Waals surface area contributed by atoms with Crippen LogP contribution in [0.4, 0.5) is 33.5 Å². The van der Waals surface area contributed by atoms with Gasteiger partial charge in [0.05, 0.1) is 16.1 Å². The van der Waals surface area contributed by atoms with Crippen molar-refractivity contribution in [2.75, 3.05) is 23.3 Å². The van der Waals surface area contributed by atoms with Crippen LogP contribution in [0.3, 0.4) is 0 Å². The zero-order chi connectivity index (χ0) is 21.4. The van der Waals surface area contributed by atoms with Gasteiger partial charge in [-0.25, -0.2) is 4.98 Å². The Morgan fingerprint density at radius 2 is 1.86 bits per heavy atom. The molecule has 2 aromatic rings. The van der Waals surface area contributed by atoms with Crippen molar-refractivity contribution in [3.63, 3.8) is 0 Å². The molecule has 0 aliphatic carbocycles. The van der Waals surface area contributed by atoms with Gasteiger partial charge < -0.3 is 15.3 Å². The second-order valence-corrected chi connectivity index (χ2v) is 7.38. The molecule has 0 radical (unpaired) electrons. The number of carbonyl (C=O) groups is 1. The van der Waals surface area contributed by atoms with Crippen LogP contribution >= 0.6 is 15.9 Å². The second-order valence-electron chi connectivity index (χ2n) is 6.52. The summed E-state index contributed by atoms with van der Waals surface area (Å²) in [6.45, 7) is 1.04. The van der Waals surface area contributed by atoms with Crippen LogP contribution in [0.15, 0.2) is 41.0 Å². The molecule has 0 spiro atoms. The number of halogens is 6. The molecule has 5 nitrogen and oxygen atoms in total. The minimum absolute atomic E-state index is 0.0552. The van der Waals surface area contributed by atoms with E-state index < -0.39 is 29.7 Å². The average molecular weight is 480 g/mol. The first-order chi connectivity index (χ1) is 13.5. The lowest BCUT2D eigenvalue weighted by Gasteiger charge is -2.20. The van der Waals surface area contributed by atoms with Gasteiger partial charge >= 0.3 is 12.1 Å². The van der Waals surface area contributed by atoms with Crippen LogP contribution in [-0.2, 0) is 5.92 Å². The van der Waals surface area contributed by atoms with Gasteiger partial charge in [-0.2, -0.15) is 22.0 Å². The molecule has 0 saturated carbocycles. The van der Waals surface area contributed by atoms with Crippen molar-refractivity contribution in [2.24, 2.45) is 0 Å². The molecule has 1 fully saturated rings. The summed E-state index contributed by atoms with van der Waals surface area (Å²) >= 11 is 3.33.